The molecule has 0 radical (unpaired) electrons. The lowest BCUT2D eigenvalue weighted by Crippen LogP contribution is -2.47. The Labute approximate surface area is 214 Å². The van der Waals surface area contributed by atoms with Crippen molar-refractivity contribution >= 4 is 35.1 Å². The van der Waals surface area contributed by atoms with Crippen molar-refractivity contribution in [1.82, 2.24) is 30.3 Å². The molecule has 1 aromatic heterocycles. The van der Waals surface area contributed by atoms with Crippen LogP contribution in [0.3, 0.4) is 0 Å². The van der Waals surface area contributed by atoms with Gasteiger partial charge >= 0.3 is 0 Å². The minimum atomic E-state index is -1.31. The second-order valence-electron chi connectivity index (χ2n) is 8.09. The van der Waals surface area contributed by atoms with E-state index in [4.69, 9.17) is 5.73 Å². The van der Waals surface area contributed by atoms with E-state index in [0.717, 1.165) is 10.8 Å². The molecule has 0 spiro atoms. The van der Waals surface area contributed by atoms with E-state index >= 15 is 0 Å². The molecule has 0 aromatic carbocycles. The molecule has 0 fully saturated rings. The smallest absolute Gasteiger partial charge is 0.287 e. The number of anilines is 1. The number of pyridine rings is 1. The summed E-state index contributed by atoms with van der Waals surface area (Å²) in [4.78, 5) is 77.3. The first-order valence-electron chi connectivity index (χ1n) is 11.2. The zero-order valence-corrected chi connectivity index (χ0v) is 21.4. The first-order valence-corrected chi connectivity index (χ1v) is 11.2. The summed E-state index contributed by atoms with van der Waals surface area (Å²) in [6, 6.07) is 1.48. The van der Waals surface area contributed by atoms with Crippen LogP contribution in [0, 0.1) is 0 Å². The average Bonchev–Trinajstić information content (AvgIpc) is 2.86. The summed E-state index contributed by atoms with van der Waals surface area (Å²) < 4.78 is 1.11. The van der Waals surface area contributed by atoms with Crippen LogP contribution in [0.25, 0.3) is 0 Å². The van der Waals surface area contributed by atoms with Crippen LogP contribution in [0.5, 0.6) is 0 Å². The Morgan fingerprint density at radius 3 is 2.41 bits per heavy atom. The molecule has 202 valence electrons. The molecule has 1 aromatic rings. The van der Waals surface area contributed by atoms with Gasteiger partial charge < -0.3 is 36.5 Å². The van der Waals surface area contributed by atoms with E-state index in [1.807, 2.05) is 0 Å². The molecule has 0 unspecified atom stereocenters. The van der Waals surface area contributed by atoms with Gasteiger partial charge in [-0.15, -0.1) is 0 Å². The van der Waals surface area contributed by atoms with Gasteiger partial charge in [-0.1, -0.05) is 6.58 Å². The molecule has 14 nitrogen and oxygen atoms in total. The van der Waals surface area contributed by atoms with Gasteiger partial charge in [-0.05, 0) is 38.8 Å². The van der Waals surface area contributed by atoms with Crippen LogP contribution in [0.15, 0.2) is 47.8 Å². The van der Waals surface area contributed by atoms with Crippen molar-refractivity contribution in [2.24, 2.45) is 5.73 Å². The van der Waals surface area contributed by atoms with Crippen LogP contribution >= 0.6 is 0 Å². The van der Waals surface area contributed by atoms with Crippen molar-refractivity contribution < 1.29 is 24.0 Å². The molecular weight excluding hydrogens is 484 g/mol. The largest absolute Gasteiger partial charge is 0.403 e. The fourth-order valence-corrected chi connectivity index (χ4v) is 2.91. The summed E-state index contributed by atoms with van der Waals surface area (Å²) in [6.45, 7) is 3.54. The van der Waals surface area contributed by atoms with Gasteiger partial charge in [0.15, 0.2) is 0 Å². The summed E-state index contributed by atoms with van der Waals surface area (Å²) in [6.07, 6.45) is 3.12. The fourth-order valence-electron chi connectivity index (χ4n) is 2.91. The minimum absolute atomic E-state index is 0.0313. The number of hydrogen-bond donors (Lipinski definition) is 5. The number of aromatic nitrogens is 1. The SMILES string of the molecule is C=CN(C)/C(=C\N)C(=O)N[C@@H](CCC(=O)C(=O)NC)C(=O)Nc1cccn(CC(=O)NCN(C)C)c1=O. The van der Waals surface area contributed by atoms with Crippen molar-refractivity contribution in [3.05, 3.63) is 53.4 Å². The summed E-state index contributed by atoms with van der Waals surface area (Å²) >= 11 is 0. The second kappa shape index (κ2) is 14.8. The minimum Gasteiger partial charge on any atom is -0.403 e. The number of ketones is 1. The summed E-state index contributed by atoms with van der Waals surface area (Å²) in [7, 11) is 6.33. The Morgan fingerprint density at radius 2 is 1.84 bits per heavy atom. The van der Waals surface area contributed by atoms with Crippen molar-refractivity contribution in [2.75, 3.05) is 40.2 Å². The van der Waals surface area contributed by atoms with Gasteiger partial charge in [-0.2, -0.15) is 0 Å². The van der Waals surface area contributed by atoms with Crippen molar-refractivity contribution in [3.8, 4) is 0 Å². The van der Waals surface area contributed by atoms with E-state index in [9.17, 15) is 28.8 Å². The van der Waals surface area contributed by atoms with Gasteiger partial charge in [0.05, 0.1) is 6.67 Å². The van der Waals surface area contributed by atoms with E-state index in [-0.39, 0.29) is 37.4 Å². The lowest BCUT2D eigenvalue weighted by Gasteiger charge is -2.22. The topological polar surface area (TPSA) is 188 Å². The third-order valence-electron chi connectivity index (χ3n) is 4.99. The second-order valence-corrected chi connectivity index (χ2v) is 8.09. The molecular formula is C23H34N8O6. The average molecular weight is 519 g/mol. The van der Waals surface area contributed by atoms with Crippen LogP contribution in [0.2, 0.25) is 0 Å². The Bertz CT molecular complexity index is 1110. The van der Waals surface area contributed by atoms with Gasteiger partial charge in [0, 0.05) is 32.9 Å². The molecule has 1 atom stereocenters. The Balaban J connectivity index is 3.12. The maximum atomic E-state index is 13.1. The van der Waals surface area contributed by atoms with Crippen LogP contribution in [-0.4, -0.2) is 84.7 Å². The number of rotatable bonds is 14. The van der Waals surface area contributed by atoms with E-state index in [0.29, 0.717) is 0 Å². The molecule has 0 saturated heterocycles. The van der Waals surface area contributed by atoms with E-state index in [1.54, 1.807) is 19.0 Å². The van der Waals surface area contributed by atoms with E-state index < -0.39 is 41.0 Å². The molecule has 37 heavy (non-hydrogen) atoms. The number of carbonyl (C=O) groups is 5. The number of Topliss-reactive ketones (excluding diaryl/α,β-unsaturated/α-hetero) is 1. The molecule has 6 N–H and O–H groups in total. The summed E-state index contributed by atoms with van der Waals surface area (Å²) in [5.41, 5.74) is 4.68. The third kappa shape index (κ3) is 9.60. The van der Waals surface area contributed by atoms with Gasteiger partial charge in [0.2, 0.25) is 17.6 Å². The molecule has 0 bridgehead atoms. The Kier molecular flexibility index (Phi) is 12.3. The lowest BCUT2D eigenvalue weighted by atomic mass is 10.1. The Morgan fingerprint density at radius 1 is 1.16 bits per heavy atom. The van der Waals surface area contributed by atoms with Crippen molar-refractivity contribution in [3.63, 3.8) is 0 Å². The third-order valence-corrected chi connectivity index (χ3v) is 4.99. The highest BCUT2D eigenvalue weighted by molar-refractivity contribution is 6.36. The van der Waals surface area contributed by atoms with Crippen LogP contribution in [0.4, 0.5) is 5.69 Å². The molecule has 1 rings (SSSR count). The number of nitrogens with zero attached hydrogens (tertiary/aromatic N) is 3. The number of likely N-dealkylation sites (N-methyl/N-ethyl adjacent to an activating group) is 2. The Hall–Kier alpha value is -4.46. The van der Waals surface area contributed by atoms with Crippen LogP contribution in [-0.2, 0) is 30.5 Å². The van der Waals surface area contributed by atoms with Gasteiger partial charge in [-0.25, -0.2) is 0 Å². The highest BCUT2D eigenvalue weighted by Crippen LogP contribution is 2.08. The number of hydrogen-bond acceptors (Lipinski definition) is 9. The lowest BCUT2D eigenvalue weighted by molar-refractivity contribution is -0.137. The molecule has 14 heteroatoms. The van der Waals surface area contributed by atoms with Gasteiger partial charge in [-0.3, -0.25) is 33.7 Å². The number of amides is 4. The zero-order valence-electron chi connectivity index (χ0n) is 21.4. The van der Waals surface area contributed by atoms with Gasteiger partial charge in [0.25, 0.3) is 17.4 Å². The summed E-state index contributed by atoms with van der Waals surface area (Å²) in [5.74, 6) is -3.62. The number of nitrogens with one attached hydrogen (secondary N) is 4. The monoisotopic (exact) mass is 518 g/mol. The predicted octanol–water partition coefficient (Wildman–Crippen LogP) is -2.12. The normalized spacial score (nSPS) is 11.8. The molecule has 0 saturated carbocycles. The van der Waals surface area contributed by atoms with E-state index in [1.165, 1.54) is 43.5 Å². The highest BCUT2D eigenvalue weighted by atomic mass is 16.2. The molecule has 0 aliphatic rings. The molecule has 0 aliphatic heterocycles. The van der Waals surface area contributed by atoms with Crippen molar-refractivity contribution in [1.29, 1.82) is 0 Å². The standard InChI is InChI=1S/C23H34N8O6/c1-6-30(5)17(12-24)21(35)27-15(9-10-18(32)22(36)25-2)20(34)28-16-8-7-11-31(23(16)37)13-19(33)26-14-29(3)4/h6-8,11-12,15H,1,9-10,13-14,24H2,2-5H3,(H,25,36)(H,26,33)(H,27,35)(H,28,34)/b17-12-/t15-/m0/s1. The van der Waals surface area contributed by atoms with Crippen LogP contribution < -0.4 is 32.6 Å². The first-order chi connectivity index (χ1) is 17.4. The molecule has 4 amide bonds. The van der Waals surface area contributed by atoms with Crippen molar-refractivity contribution in [2.45, 2.75) is 25.4 Å². The highest BCUT2D eigenvalue weighted by Gasteiger charge is 2.26. The van der Waals surface area contributed by atoms with Gasteiger partial charge in [0.1, 0.15) is 24.0 Å². The predicted molar refractivity (Wildman–Crippen MR) is 136 cm³/mol. The number of nitrogens with two attached hydrogens (primary N) is 1. The number of carbonyl (C=O) groups excluding carboxylic acids is 5. The summed E-state index contributed by atoms with van der Waals surface area (Å²) in [5, 5.41) is 9.71. The molecule has 1 heterocycles. The van der Waals surface area contributed by atoms with Crippen LogP contribution in [0.1, 0.15) is 12.8 Å². The first kappa shape index (κ1) is 30.6. The van der Waals surface area contributed by atoms with E-state index in [2.05, 4.69) is 27.8 Å². The molecule has 0 aliphatic carbocycles. The zero-order chi connectivity index (χ0) is 28.1. The maximum Gasteiger partial charge on any atom is 0.287 e. The fraction of sp³-hybridized carbons (Fsp3) is 0.391. The quantitative estimate of drug-likeness (QED) is 0.104. The maximum absolute atomic E-state index is 13.1.